The number of aromatic nitrogens is 2. The molecule has 0 bridgehead atoms. The minimum absolute atomic E-state index is 0.630. The van der Waals surface area contributed by atoms with Gasteiger partial charge in [-0.25, -0.2) is 4.98 Å². The van der Waals surface area contributed by atoms with Crippen molar-refractivity contribution in [2.45, 2.75) is 31.7 Å². The molecule has 1 aromatic heterocycles. The summed E-state index contributed by atoms with van der Waals surface area (Å²) in [7, 11) is 2.08. The van der Waals surface area contributed by atoms with Crippen molar-refractivity contribution in [3.63, 3.8) is 0 Å². The molecule has 104 valence electrons. The summed E-state index contributed by atoms with van der Waals surface area (Å²) in [4.78, 5) is 6.83. The van der Waals surface area contributed by atoms with Crippen LogP contribution in [0.5, 0.6) is 5.75 Å². The van der Waals surface area contributed by atoms with E-state index in [-0.39, 0.29) is 0 Å². The van der Waals surface area contributed by atoms with Gasteiger partial charge in [0.2, 0.25) is 5.13 Å². The highest BCUT2D eigenvalue weighted by Gasteiger charge is 2.28. The predicted molar refractivity (Wildman–Crippen MR) is 79.6 cm³/mol. The van der Waals surface area contributed by atoms with Crippen molar-refractivity contribution in [2.75, 3.05) is 18.6 Å². The molecule has 1 aliphatic carbocycles. The molecule has 0 spiro atoms. The molecule has 0 saturated heterocycles. The zero-order chi connectivity index (χ0) is 13.5. The highest BCUT2D eigenvalue weighted by Crippen LogP contribution is 2.39. The first kappa shape index (κ1) is 12.1. The van der Waals surface area contributed by atoms with E-state index in [1.54, 1.807) is 0 Å². The summed E-state index contributed by atoms with van der Waals surface area (Å²) in [5.41, 5.74) is 2.63. The fraction of sp³-hybridized carbons (Fsp3) is 0.467. The van der Waals surface area contributed by atoms with Crippen LogP contribution in [0, 0.1) is 0 Å². The highest BCUT2D eigenvalue weighted by molar-refractivity contribution is 7.09. The maximum Gasteiger partial charge on any atom is 0.205 e. The first-order valence-electron chi connectivity index (χ1n) is 7.09. The molecule has 2 heterocycles. The monoisotopic (exact) mass is 287 g/mol. The van der Waals surface area contributed by atoms with E-state index >= 15 is 0 Å². The second-order valence-corrected chi connectivity index (χ2v) is 6.34. The van der Waals surface area contributed by atoms with E-state index in [2.05, 4.69) is 39.5 Å². The fourth-order valence-corrected chi connectivity index (χ4v) is 3.27. The van der Waals surface area contributed by atoms with E-state index in [9.17, 15) is 0 Å². The molecule has 4 nitrogen and oxygen atoms in total. The number of rotatable bonds is 4. The Hall–Kier alpha value is -1.62. The molecule has 0 atom stereocenters. The van der Waals surface area contributed by atoms with Gasteiger partial charge in [-0.05, 0) is 30.0 Å². The van der Waals surface area contributed by atoms with Crippen molar-refractivity contribution in [3.05, 3.63) is 35.2 Å². The molecule has 2 aromatic rings. The Balaban J connectivity index is 1.49. The number of fused-ring (bicyclic) bond motifs is 1. The van der Waals surface area contributed by atoms with Crippen LogP contribution in [0.1, 0.15) is 35.7 Å². The summed E-state index contributed by atoms with van der Waals surface area (Å²) in [6.45, 7) is 1.68. The summed E-state index contributed by atoms with van der Waals surface area (Å²) in [5, 5.41) is 1.02. The van der Waals surface area contributed by atoms with Gasteiger partial charge >= 0.3 is 0 Å². The first-order valence-corrected chi connectivity index (χ1v) is 7.86. The Morgan fingerprint density at radius 3 is 3.15 bits per heavy atom. The van der Waals surface area contributed by atoms with E-state index in [0.29, 0.717) is 5.92 Å². The van der Waals surface area contributed by atoms with Crippen LogP contribution in [0.15, 0.2) is 18.2 Å². The minimum atomic E-state index is 0.630. The Morgan fingerprint density at radius 1 is 1.40 bits per heavy atom. The average molecular weight is 287 g/mol. The van der Waals surface area contributed by atoms with Crippen LogP contribution in [0.2, 0.25) is 0 Å². The van der Waals surface area contributed by atoms with Gasteiger partial charge in [0.25, 0.3) is 0 Å². The lowest BCUT2D eigenvalue weighted by Gasteiger charge is -2.15. The van der Waals surface area contributed by atoms with Crippen LogP contribution in [-0.4, -0.2) is 23.0 Å². The van der Waals surface area contributed by atoms with Crippen molar-refractivity contribution in [2.24, 2.45) is 0 Å². The predicted octanol–water partition coefficient (Wildman–Crippen LogP) is 2.99. The molecule has 1 aromatic carbocycles. The van der Waals surface area contributed by atoms with Gasteiger partial charge in [-0.2, -0.15) is 4.37 Å². The molecule has 5 heteroatoms. The smallest absolute Gasteiger partial charge is 0.205 e. The lowest BCUT2D eigenvalue weighted by Crippen LogP contribution is -2.16. The molecule has 0 radical (unpaired) electrons. The van der Waals surface area contributed by atoms with Crippen molar-refractivity contribution < 1.29 is 4.74 Å². The van der Waals surface area contributed by atoms with Gasteiger partial charge in [0, 0.05) is 37.5 Å². The quantitative estimate of drug-likeness (QED) is 0.866. The molecule has 1 saturated carbocycles. The molecular weight excluding hydrogens is 270 g/mol. The maximum atomic E-state index is 5.55. The number of hydrogen-bond donors (Lipinski definition) is 0. The largest absolute Gasteiger partial charge is 0.493 e. The number of benzene rings is 1. The minimum Gasteiger partial charge on any atom is -0.493 e. The molecule has 2 aliphatic rings. The Bertz CT molecular complexity index is 636. The van der Waals surface area contributed by atoms with Gasteiger partial charge < -0.3 is 9.64 Å². The first-order chi connectivity index (χ1) is 9.79. The molecule has 4 rings (SSSR count). The molecule has 1 aliphatic heterocycles. The molecule has 0 N–H and O–H groups in total. The summed E-state index contributed by atoms with van der Waals surface area (Å²) >= 11 is 1.51. The fourth-order valence-electron chi connectivity index (χ4n) is 2.57. The number of anilines is 1. The van der Waals surface area contributed by atoms with E-state index in [4.69, 9.17) is 4.74 Å². The van der Waals surface area contributed by atoms with Crippen molar-refractivity contribution >= 4 is 16.7 Å². The lowest BCUT2D eigenvalue weighted by atomic mass is 10.1. The van der Waals surface area contributed by atoms with Crippen LogP contribution in [0.25, 0.3) is 0 Å². The molecule has 1 fully saturated rings. The number of nitrogens with zero attached hydrogens (tertiary/aromatic N) is 3. The molecular formula is C15H17N3OS. The van der Waals surface area contributed by atoms with Crippen molar-refractivity contribution in [3.8, 4) is 5.75 Å². The van der Waals surface area contributed by atoms with E-state index < -0.39 is 0 Å². The SMILES string of the molecule is CN(Cc1ccc2c(c1)CCO2)c1nc(C2CC2)ns1. The van der Waals surface area contributed by atoms with Gasteiger partial charge in [-0.15, -0.1) is 0 Å². The topological polar surface area (TPSA) is 38.2 Å². The Morgan fingerprint density at radius 2 is 2.30 bits per heavy atom. The third-order valence-corrected chi connectivity index (χ3v) is 4.72. The zero-order valence-corrected chi connectivity index (χ0v) is 12.3. The van der Waals surface area contributed by atoms with E-state index in [1.165, 1.54) is 35.5 Å². The summed E-state index contributed by atoms with van der Waals surface area (Å²) < 4.78 is 10.0. The van der Waals surface area contributed by atoms with Crippen molar-refractivity contribution in [1.29, 1.82) is 0 Å². The molecule has 0 unspecified atom stereocenters. The van der Waals surface area contributed by atoms with Crippen LogP contribution in [-0.2, 0) is 13.0 Å². The zero-order valence-electron chi connectivity index (χ0n) is 11.5. The third kappa shape index (κ3) is 2.26. The summed E-state index contributed by atoms with van der Waals surface area (Å²) in [6, 6.07) is 6.48. The van der Waals surface area contributed by atoms with Gasteiger partial charge in [-0.1, -0.05) is 12.1 Å². The Labute approximate surface area is 122 Å². The van der Waals surface area contributed by atoms with E-state index in [0.717, 1.165) is 36.3 Å². The second kappa shape index (κ2) is 4.74. The molecule has 0 amide bonds. The third-order valence-electron chi connectivity index (χ3n) is 3.87. The van der Waals surface area contributed by atoms with Gasteiger partial charge in [0.1, 0.15) is 11.6 Å². The van der Waals surface area contributed by atoms with Gasteiger partial charge in [0.05, 0.1) is 6.61 Å². The lowest BCUT2D eigenvalue weighted by molar-refractivity contribution is 0.357. The average Bonchev–Trinajstić information content (AvgIpc) is 3.01. The molecule has 20 heavy (non-hydrogen) atoms. The van der Waals surface area contributed by atoms with Crippen molar-refractivity contribution in [1.82, 2.24) is 9.36 Å². The number of ether oxygens (including phenoxy) is 1. The second-order valence-electron chi connectivity index (χ2n) is 5.61. The van der Waals surface area contributed by atoms with Gasteiger partial charge in [-0.3, -0.25) is 0 Å². The standard InChI is InChI=1S/C15H17N3OS/c1-18(15-16-14(17-20-15)11-3-4-11)9-10-2-5-13-12(8-10)6-7-19-13/h2,5,8,11H,3-4,6-7,9H2,1H3. The van der Waals surface area contributed by atoms with Crippen LogP contribution in [0.3, 0.4) is 0 Å². The van der Waals surface area contributed by atoms with Crippen LogP contribution >= 0.6 is 11.5 Å². The maximum absolute atomic E-state index is 5.55. The summed E-state index contributed by atoms with van der Waals surface area (Å²) in [6.07, 6.45) is 3.53. The highest BCUT2D eigenvalue weighted by atomic mass is 32.1. The van der Waals surface area contributed by atoms with Crippen LogP contribution in [0.4, 0.5) is 5.13 Å². The van der Waals surface area contributed by atoms with Crippen LogP contribution < -0.4 is 9.64 Å². The Kier molecular flexibility index (Phi) is 2.88. The van der Waals surface area contributed by atoms with Gasteiger partial charge in [0.15, 0.2) is 0 Å². The normalized spacial score (nSPS) is 16.9. The van der Waals surface area contributed by atoms with E-state index in [1.807, 2.05) is 0 Å². The number of hydrogen-bond acceptors (Lipinski definition) is 5. The summed E-state index contributed by atoms with van der Waals surface area (Å²) in [5.74, 6) is 2.72.